The lowest BCUT2D eigenvalue weighted by atomic mass is 10.1. The van der Waals surface area contributed by atoms with Crippen molar-refractivity contribution in [1.82, 2.24) is 20.1 Å². The van der Waals surface area contributed by atoms with Crippen molar-refractivity contribution >= 4 is 11.9 Å². The molecule has 0 radical (unpaired) electrons. The summed E-state index contributed by atoms with van der Waals surface area (Å²) in [5.41, 5.74) is 4.14. The Hall–Kier alpha value is -2.42. The Kier molecular flexibility index (Phi) is 3.99. The van der Waals surface area contributed by atoms with Crippen LogP contribution >= 0.6 is 0 Å². The summed E-state index contributed by atoms with van der Waals surface area (Å²) in [4.78, 5) is 12.1. The number of hydrogen-bond acceptors (Lipinski definition) is 9. The van der Waals surface area contributed by atoms with Crippen molar-refractivity contribution in [2.75, 3.05) is 17.9 Å². The molecule has 0 bridgehead atoms. The zero-order valence-electron chi connectivity index (χ0n) is 11.8. The summed E-state index contributed by atoms with van der Waals surface area (Å²) in [6, 6.07) is 0.0837. The number of nitrogens with two attached hydrogens (primary N) is 1. The fraction of sp³-hybridized carbons (Fsp3) is 0.455. The highest BCUT2D eigenvalue weighted by molar-refractivity contribution is 5.39. The monoisotopic (exact) mass is 279 g/mol. The Labute approximate surface area is 115 Å². The van der Waals surface area contributed by atoms with Crippen molar-refractivity contribution in [2.24, 2.45) is 5.84 Å². The second-order valence-electron chi connectivity index (χ2n) is 4.22. The number of nitrogens with one attached hydrogen (secondary N) is 2. The summed E-state index contributed by atoms with van der Waals surface area (Å²) < 4.78 is 10.1. The fourth-order valence-electron chi connectivity index (χ4n) is 1.95. The predicted molar refractivity (Wildman–Crippen MR) is 72.2 cm³/mol. The van der Waals surface area contributed by atoms with E-state index in [4.69, 9.17) is 15.1 Å². The van der Waals surface area contributed by atoms with Crippen LogP contribution in [0.15, 0.2) is 4.52 Å². The van der Waals surface area contributed by atoms with Gasteiger partial charge in [-0.2, -0.15) is 15.0 Å². The molecule has 0 saturated heterocycles. The van der Waals surface area contributed by atoms with Gasteiger partial charge >= 0.3 is 6.01 Å². The molecule has 0 amide bonds. The van der Waals surface area contributed by atoms with Crippen LogP contribution in [-0.4, -0.2) is 27.2 Å². The molecular weight excluding hydrogens is 262 g/mol. The average Bonchev–Trinajstić information content (AvgIpc) is 2.77. The lowest BCUT2D eigenvalue weighted by Crippen LogP contribution is -2.16. The van der Waals surface area contributed by atoms with Gasteiger partial charge in [-0.15, -0.1) is 0 Å². The molecule has 1 unspecified atom stereocenters. The Morgan fingerprint density at radius 1 is 1.20 bits per heavy atom. The molecule has 2 heterocycles. The number of hydrogen-bond donors (Lipinski definition) is 3. The Balaban J connectivity index is 2.25. The third-order valence-electron chi connectivity index (χ3n) is 2.79. The predicted octanol–water partition coefficient (Wildman–Crippen LogP) is 0.944. The Bertz CT molecular complexity index is 557. The number of ether oxygens (including phenoxy) is 1. The van der Waals surface area contributed by atoms with Gasteiger partial charge in [0.1, 0.15) is 5.76 Å². The molecule has 4 N–H and O–H groups in total. The second kappa shape index (κ2) is 5.70. The zero-order chi connectivity index (χ0) is 14.7. The number of nitrogens with zero attached hydrogens (tertiary/aromatic N) is 4. The van der Waals surface area contributed by atoms with Crippen molar-refractivity contribution in [2.45, 2.75) is 26.8 Å². The molecule has 1 atom stereocenters. The summed E-state index contributed by atoms with van der Waals surface area (Å²) in [7, 11) is 1.47. The summed E-state index contributed by atoms with van der Waals surface area (Å²) in [6.45, 7) is 5.69. The first-order valence-corrected chi connectivity index (χ1v) is 6.01. The maximum absolute atomic E-state index is 5.30. The number of rotatable bonds is 5. The molecule has 0 fully saturated rings. The minimum atomic E-state index is -0.0843. The quantitative estimate of drug-likeness (QED) is 0.541. The highest BCUT2D eigenvalue weighted by Gasteiger charge is 2.18. The van der Waals surface area contributed by atoms with E-state index in [1.54, 1.807) is 0 Å². The molecule has 20 heavy (non-hydrogen) atoms. The van der Waals surface area contributed by atoms with Crippen LogP contribution in [0.3, 0.4) is 0 Å². The Morgan fingerprint density at radius 3 is 2.45 bits per heavy atom. The smallest absolute Gasteiger partial charge is 0.322 e. The van der Waals surface area contributed by atoms with E-state index >= 15 is 0 Å². The van der Waals surface area contributed by atoms with Gasteiger partial charge in [0.25, 0.3) is 0 Å². The van der Waals surface area contributed by atoms with Crippen LogP contribution in [0.4, 0.5) is 11.9 Å². The molecule has 0 aliphatic rings. The van der Waals surface area contributed by atoms with Crippen LogP contribution in [0.2, 0.25) is 0 Å². The van der Waals surface area contributed by atoms with Gasteiger partial charge in [-0.1, -0.05) is 5.16 Å². The zero-order valence-corrected chi connectivity index (χ0v) is 11.8. The summed E-state index contributed by atoms with van der Waals surface area (Å²) in [5, 5.41) is 7.06. The molecule has 9 nitrogen and oxygen atoms in total. The van der Waals surface area contributed by atoms with Gasteiger partial charge in [0.15, 0.2) is 0 Å². The second-order valence-corrected chi connectivity index (χ2v) is 4.22. The largest absolute Gasteiger partial charge is 0.467 e. The van der Waals surface area contributed by atoms with Crippen LogP contribution in [0.25, 0.3) is 0 Å². The van der Waals surface area contributed by atoms with Crippen LogP contribution in [0.5, 0.6) is 6.01 Å². The summed E-state index contributed by atoms with van der Waals surface area (Å²) in [5.74, 6) is 6.61. The highest BCUT2D eigenvalue weighted by Crippen LogP contribution is 2.24. The molecule has 0 spiro atoms. The first-order valence-electron chi connectivity index (χ1n) is 6.01. The molecule has 0 aliphatic heterocycles. The molecule has 9 heteroatoms. The van der Waals surface area contributed by atoms with Gasteiger partial charge in [-0.25, -0.2) is 5.84 Å². The van der Waals surface area contributed by atoms with E-state index < -0.39 is 0 Å². The number of methoxy groups -OCH3 is 1. The fourth-order valence-corrected chi connectivity index (χ4v) is 1.95. The molecule has 2 aromatic heterocycles. The summed E-state index contributed by atoms with van der Waals surface area (Å²) in [6.07, 6.45) is 0. The van der Waals surface area contributed by atoms with E-state index in [2.05, 4.69) is 30.9 Å². The van der Waals surface area contributed by atoms with Gasteiger partial charge in [0, 0.05) is 5.56 Å². The third kappa shape index (κ3) is 2.77. The van der Waals surface area contributed by atoms with E-state index in [0.29, 0.717) is 5.95 Å². The highest BCUT2D eigenvalue weighted by atomic mass is 16.5. The van der Waals surface area contributed by atoms with Crippen molar-refractivity contribution in [3.63, 3.8) is 0 Å². The number of aromatic nitrogens is 4. The Morgan fingerprint density at radius 2 is 1.90 bits per heavy atom. The van der Waals surface area contributed by atoms with Crippen molar-refractivity contribution in [3.8, 4) is 6.01 Å². The van der Waals surface area contributed by atoms with Crippen molar-refractivity contribution in [3.05, 3.63) is 17.0 Å². The van der Waals surface area contributed by atoms with Crippen LogP contribution in [-0.2, 0) is 0 Å². The van der Waals surface area contributed by atoms with Crippen molar-refractivity contribution in [1.29, 1.82) is 0 Å². The molecule has 108 valence electrons. The van der Waals surface area contributed by atoms with Crippen LogP contribution < -0.4 is 21.3 Å². The minimum Gasteiger partial charge on any atom is -0.467 e. The van der Waals surface area contributed by atoms with E-state index in [0.717, 1.165) is 17.0 Å². The lowest BCUT2D eigenvalue weighted by molar-refractivity contribution is 0.379. The maximum Gasteiger partial charge on any atom is 0.322 e. The first kappa shape index (κ1) is 14.0. The third-order valence-corrected chi connectivity index (χ3v) is 2.79. The maximum atomic E-state index is 5.30. The van der Waals surface area contributed by atoms with Gasteiger partial charge in [-0.05, 0) is 20.8 Å². The number of nitrogen functional groups attached to an aromatic ring is 1. The normalized spacial score (nSPS) is 12.1. The molecule has 2 aromatic rings. The van der Waals surface area contributed by atoms with Crippen LogP contribution in [0.1, 0.15) is 30.0 Å². The first-order chi connectivity index (χ1) is 9.55. The number of aryl methyl sites for hydroxylation is 2. The molecule has 0 saturated carbocycles. The average molecular weight is 279 g/mol. The number of anilines is 2. The minimum absolute atomic E-state index is 0.0843. The van der Waals surface area contributed by atoms with Gasteiger partial charge < -0.3 is 14.6 Å². The molecular formula is C11H17N7O2. The molecule has 0 aromatic carbocycles. The topological polar surface area (TPSA) is 124 Å². The van der Waals surface area contributed by atoms with Gasteiger partial charge in [-0.3, -0.25) is 5.43 Å². The lowest BCUT2D eigenvalue weighted by Gasteiger charge is -2.14. The van der Waals surface area contributed by atoms with Crippen LogP contribution in [0, 0.1) is 13.8 Å². The SMILES string of the molecule is COc1nc(NN)nc(NC(C)c2c(C)noc2C)n1. The summed E-state index contributed by atoms with van der Waals surface area (Å²) >= 11 is 0. The molecule has 0 aliphatic carbocycles. The van der Waals surface area contributed by atoms with E-state index in [1.165, 1.54) is 7.11 Å². The van der Waals surface area contributed by atoms with Gasteiger partial charge in [0.05, 0.1) is 18.8 Å². The van der Waals surface area contributed by atoms with E-state index in [9.17, 15) is 0 Å². The van der Waals surface area contributed by atoms with E-state index in [-0.39, 0.29) is 18.0 Å². The van der Waals surface area contributed by atoms with Crippen molar-refractivity contribution < 1.29 is 9.26 Å². The standard InChI is InChI=1S/C11H17N7O2/c1-5(8-6(2)18-20-7(8)3)13-9-14-10(17-12)16-11(15-9)19-4/h5H,12H2,1-4H3,(H2,13,14,15,16,17). The number of hydrazine groups is 1. The van der Waals surface area contributed by atoms with Gasteiger partial charge in [0.2, 0.25) is 11.9 Å². The van der Waals surface area contributed by atoms with E-state index in [1.807, 2.05) is 20.8 Å². The molecule has 2 rings (SSSR count).